The Kier molecular flexibility index (Phi) is 4.81. The number of aromatic hydroxyl groups is 1. The van der Waals surface area contributed by atoms with Gasteiger partial charge in [-0.2, -0.15) is 0 Å². The van der Waals surface area contributed by atoms with Crippen molar-refractivity contribution in [2.45, 2.75) is 25.7 Å². The predicted octanol–water partition coefficient (Wildman–Crippen LogP) is 4.20. The first-order valence-electron chi connectivity index (χ1n) is 7.89. The molecule has 0 atom stereocenters. The molecule has 4 nitrogen and oxygen atoms in total. The fraction of sp³-hybridized carbons (Fsp3) is 0.316. The molecular weight excluding hydrogens is 290 g/mol. The van der Waals surface area contributed by atoms with E-state index < -0.39 is 0 Å². The van der Waals surface area contributed by atoms with E-state index in [4.69, 9.17) is 9.47 Å². The van der Waals surface area contributed by atoms with Crippen molar-refractivity contribution in [3.05, 3.63) is 53.9 Å². The molecule has 1 aliphatic rings. The van der Waals surface area contributed by atoms with Gasteiger partial charge in [-0.05, 0) is 42.9 Å². The molecule has 0 fully saturated rings. The summed E-state index contributed by atoms with van der Waals surface area (Å²) in [5.41, 5.74) is 3.77. The molecule has 1 aromatic carbocycles. The number of aromatic nitrogens is 1. The molecule has 0 spiro atoms. The van der Waals surface area contributed by atoms with Crippen molar-refractivity contribution in [2.75, 3.05) is 13.7 Å². The van der Waals surface area contributed by atoms with Crippen LogP contribution in [-0.2, 0) is 0 Å². The molecule has 0 saturated heterocycles. The van der Waals surface area contributed by atoms with Gasteiger partial charge in [0.15, 0.2) is 0 Å². The van der Waals surface area contributed by atoms with E-state index in [0.29, 0.717) is 12.4 Å². The Hall–Kier alpha value is -2.49. The second-order valence-corrected chi connectivity index (χ2v) is 5.66. The summed E-state index contributed by atoms with van der Waals surface area (Å²) in [5, 5.41) is 9.48. The lowest BCUT2D eigenvalue weighted by Gasteiger charge is -2.22. The smallest absolute Gasteiger partial charge is 0.141 e. The highest BCUT2D eigenvalue weighted by molar-refractivity contribution is 5.74. The summed E-state index contributed by atoms with van der Waals surface area (Å²) in [5.74, 6) is 1.61. The fourth-order valence-corrected chi connectivity index (χ4v) is 3.00. The van der Waals surface area contributed by atoms with Gasteiger partial charge in [-0.25, -0.2) is 0 Å². The average molecular weight is 311 g/mol. The fourth-order valence-electron chi connectivity index (χ4n) is 3.00. The summed E-state index contributed by atoms with van der Waals surface area (Å²) in [6.07, 6.45) is 7.44. The molecule has 0 saturated carbocycles. The standard InChI is InChI=1S/C19H21NO3/c1-22-19-9-5-4-8-18(19)17-7-3-2-6-14(17)13-23-16-10-15(21)11-20-12-16/h4-5,8-12,21H,2-3,6-7,13H2,1H3. The zero-order valence-corrected chi connectivity index (χ0v) is 13.3. The maximum atomic E-state index is 9.48. The summed E-state index contributed by atoms with van der Waals surface area (Å²) in [6.45, 7) is 0.512. The number of rotatable bonds is 5. The molecule has 0 aliphatic heterocycles. The number of methoxy groups -OCH3 is 1. The summed E-state index contributed by atoms with van der Waals surface area (Å²) < 4.78 is 11.3. The van der Waals surface area contributed by atoms with Crippen LogP contribution in [0.4, 0.5) is 0 Å². The van der Waals surface area contributed by atoms with Crippen molar-refractivity contribution in [1.29, 1.82) is 0 Å². The van der Waals surface area contributed by atoms with E-state index in [9.17, 15) is 5.11 Å². The average Bonchev–Trinajstić information content (AvgIpc) is 2.60. The van der Waals surface area contributed by atoms with Crippen LogP contribution in [0, 0.1) is 0 Å². The van der Waals surface area contributed by atoms with E-state index in [0.717, 1.165) is 24.2 Å². The molecule has 4 heteroatoms. The van der Waals surface area contributed by atoms with Gasteiger partial charge in [0.1, 0.15) is 23.9 Å². The molecule has 0 amide bonds. The highest BCUT2D eigenvalue weighted by atomic mass is 16.5. The van der Waals surface area contributed by atoms with Crippen LogP contribution >= 0.6 is 0 Å². The molecule has 23 heavy (non-hydrogen) atoms. The Morgan fingerprint density at radius 3 is 2.78 bits per heavy atom. The van der Waals surface area contributed by atoms with Crippen LogP contribution in [0.25, 0.3) is 5.57 Å². The van der Waals surface area contributed by atoms with E-state index >= 15 is 0 Å². The van der Waals surface area contributed by atoms with E-state index in [1.807, 2.05) is 18.2 Å². The van der Waals surface area contributed by atoms with Crippen molar-refractivity contribution in [2.24, 2.45) is 0 Å². The van der Waals surface area contributed by atoms with Gasteiger partial charge in [0.2, 0.25) is 0 Å². The maximum Gasteiger partial charge on any atom is 0.141 e. The second kappa shape index (κ2) is 7.18. The Morgan fingerprint density at radius 1 is 1.13 bits per heavy atom. The van der Waals surface area contributed by atoms with E-state index in [1.165, 1.54) is 30.2 Å². The summed E-state index contributed by atoms with van der Waals surface area (Å²) in [7, 11) is 1.71. The monoisotopic (exact) mass is 311 g/mol. The Bertz CT molecular complexity index is 709. The summed E-state index contributed by atoms with van der Waals surface area (Å²) >= 11 is 0. The van der Waals surface area contributed by atoms with Crippen LogP contribution in [0.15, 0.2) is 48.3 Å². The van der Waals surface area contributed by atoms with Crippen LogP contribution in [0.5, 0.6) is 17.2 Å². The van der Waals surface area contributed by atoms with Crippen LogP contribution < -0.4 is 9.47 Å². The third-order valence-electron chi connectivity index (χ3n) is 4.13. The largest absolute Gasteiger partial charge is 0.506 e. The SMILES string of the molecule is COc1ccccc1C1=C(COc2cncc(O)c2)CCCC1. The first-order valence-corrected chi connectivity index (χ1v) is 7.89. The lowest BCUT2D eigenvalue weighted by Crippen LogP contribution is -2.09. The lowest BCUT2D eigenvalue weighted by molar-refractivity contribution is 0.340. The lowest BCUT2D eigenvalue weighted by atomic mass is 9.87. The summed E-state index contributed by atoms with van der Waals surface area (Å²) in [4.78, 5) is 3.94. The number of ether oxygens (including phenoxy) is 2. The number of nitrogens with zero attached hydrogens (tertiary/aromatic N) is 1. The second-order valence-electron chi connectivity index (χ2n) is 5.66. The molecule has 1 heterocycles. The predicted molar refractivity (Wildman–Crippen MR) is 89.8 cm³/mol. The van der Waals surface area contributed by atoms with Crippen molar-refractivity contribution in [1.82, 2.24) is 4.98 Å². The summed E-state index contributed by atoms with van der Waals surface area (Å²) in [6, 6.07) is 9.71. The Morgan fingerprint density at radius 2 is 1.96 bits per heavy atom. The zero-order valence-electron chi connectivity index (χ0n) is 13.3. The molecule has 1 aromatic heterocycles. The molecule has 120 valence electrons. The van der Waals surface area contributed by atoms with Gasteiger partial charge in [-0.15, -0.1) is 0 Å². The van der Waals surface area contributed by atoms with Gasteiger partial charge in [0, 0.05) is 11.6 Å². The molecular formula is C19H21NO3. The van der Waals surface area contributed by atoms with Gasteiger partial charge in [0.05, 0.1) is 19.5 Å². The first kappa shape index (κ1) is 15.4. The highest BCUT2D eigenvalue weighted by Crippen LogP contribution is 2.37. The number of para-hydroxylation sites is 1. The normalized spacial score (nSPS) is 14.7. The third kappa shape index (κ3) is 3.65. The molecule has 0 unspecified atom stereocenters. The molecule has 1 aliphatic carbocycles. The third-order valence-corrected chi connectivity index (χ3v) is 4.13. The van der Waals surface area contributed by atoms with Gasteiger partial charge in [0.25, 0.3) is 0 Å². The molecule has 0 radical (unpaired) electrons. The molecule has 1 N–H and O–H groups in total. The van der Waals surface area contributed by atoms with Crippen molar-refractivity contribution in [3.8, 4) is 17.2 Å². The Labute approximate surface area is 136 Å². The molecule has 0 bridgehead atoms. The quantitative estimate of drug-likeness (QED) is 0.899. The van der Waals surface area contributed by atoms with Gasteiger partial charge < -0.3 is 14.6 Å². The number of hydrogen-bond donors (Lipinski definition) is 1. The first-order chi connectivity index (χ1) is 11.3. The number of allylic oxidation sites excluding steroid dienone is 1. The van der Waals surface area contributed by atoms with Crippen LogP contribution in [-0.4, -0.2) is 23.8 Å². The van der Waals surface area contributed by atoms with Crippen LogP contribution in [0.1, 0.15) is 31.2 Å². The van der Waals surface area contributed by atoms with E-state index in [2.05, 4.69) is 11.1 Å². The van der Waals surface area contributed by atoms with Gasteiger partial charge in [-0.1, -0.05) is 18.2 Å². The molecule has 2 aromatic rings. The van der Waals surface area contributed by atoms with E-state index in [-0.39, 0.29) is 5.75 Å². The molecule has 3 rings (SSSR count). The van der Waals surface area contributed by atoms with Crippen molar-refractivity contribution in [3.63, 3.8) is 0 Å². The van der Waals surface area contributed by atoms with Gasteiger partial charge in [-0.3, -0.25) is 4.98 Å². The van der Waals surface area contributed by atoms with Crippen LogP contribution in [0.3, 0.4) is 0 Å². The van der Waals surface area contributed by atoms with Crippen LogP contribution in [0.2, 0.25) is 0 Å². The number of hydrogen-bond acceptors (Lipinski definition) is 4. The number of benzene rings is 1. The Balaban J connectivity index is 1.86. The topological polar surface area (TPSA) is 51.6 Å². The highest BCUT2D eigenvalue weighted by Gasteiger charge is 2.17. The van der Waals surface area contributed by atoms with Crippen molar-refractivity contribution >= 4 is 5.57 Å². The minimum atomic E-state index is 0.116. The minimum absolute atomic E-state index is 0.116. The van der Waals surface area contributed by atoms with E-state index in [1.54, 1.807) is 19.4 Å². The minimum Gasteiger partial charge on any atom is -0.506 e. The number of pyridine rings is 1. The van der Waals surface area contributed by atoms with Crippen molar-refractivity contribution < 1.29 is 14.6 Å². The van der Waals surface area contributed by atoms with Gasteiger partial charge >= 0.3 is 0 Å². The zero-order chi connectivity index (χ0) is 16.1. The maximum absolute atomic E-state index is 9.48.